The van der Waals surface area contributed by atoms with Crippen molar-refractivity contribution < 1.29 is 0 Å². The number of unbranched alkanes of at least 4 members (excludes halogenated alkanes) is 1. The topological polar surface area (TPSA) is 54.2 Å². The maximum atomic E-state index is 4.28. The van der Waals surface area contributed by atoms with Crippen LogP contribution >= 0.6 is 0 Å². The predicted molar refractivity (Wildman–Crippen MR) is 89.6 cm³/mol. The van der Waals surface area contributed by atoms with E-state index in [1.54, 1.807) is 0 Å². The van der Waals surface area contributed by atoms with Crippen LogP contribution in [0.2, 0.25) is 0 Å². The number of hydrogen-bond acceptors (Lipinski definition) is 2. The molecule has 1 atom stereocenters. The molecule has 0 saturated heterocycles. The standard InChI is InChI=1S/C16H31N5/c1-5-7-8-14(6-2)11-19-16(17-3)18-10-9-15-12-20-21(4)13-15/h12-14H,5-11H2,1-4H3,(H2,17,18,19). The van der Waals surface area contributed by atoms with Gasteiger partial charge in [0.05, 0.1) is 6.20 Å². The summed E-state index contributed by atoms with van der Waals surface area (Å²) < 4.78 is 1.84. The van der Waals surface area contributed by atoms with Crippen molar-refractivity contribution in [3.8, 4) is 0 Å². The summed E-state index contributed by atoms with van der Waals surface area (Å²) in [6.45, 7) is 6.39. The zero-order valence-corrected chi connectivity index (χ0v) is 14.0. The van der Waals surface area contributed by atoms with Crippen LogP contribution < -0.4 is 10.6 Å². The van der Waals surface area contributed by atoms with Gasteiger partial charge in [-0.2, -0.15) is 5.10 Å². The summed E-state index contributed by atoms with van der Waals surface area (Å²) in [6.07, 6.45) is 10.0. The number of aromatic nitrogens is 2. The van der Waals surface area contributed by atoms with E-state index in [-0.39, 0.29) is 0 Å². The van der Waals surface area contributed by atoms with Crippen molar-refractivity contribution in [2.24, 2.45) is 18.0 Å². The molecular weight excluding hydrogens is 262 g/mol. The second kappa shape index (κ2) is 10.2. The zero-order chi connectivity index (χ0) is 15.5. The van der Waals surface area contributed by atoms with Gasteiger partial charge in [0.2, 0.25) is 0 Å². The Morgan fingerprint density at radius 2 is 2.19 bits per heavy atom. The van der Waals surface area contributed by atoms with Gasteiger partial charge in [0.15, 0.2) is 5.96 Å². The van der Waals surface area contributed by atoms with Gasteiger partial charge in [-0.3, -0.25) is 9.67 Å². The highest BCUT2D eigenvalue weighted by atomic mass is 15.2. The minimum Gasteiger partial charge on any atom is -0.356 e. The van der Waals surface area contributed by atoms with Crippen molar-refractivity contribution in [2.75, 3.05) is 20.1 Å². The number of aryl methyl sites for hydroxylation is 1. The van der Waals surface area contributed by atoms with E-state index >= 15 is 0 Å². The van der Waals surface area contributed by atoms with Crippen LogP contribution in [0.5, 0.6) is 0 Å². The van der Waals surface area contributed by atoms with Crippen LogP contribution in [0, 0.1) is 5.92 Å². The van der Waals surface area contributed by atoms with Gasteiger partial charge in [-0.25, -0.2) is 0 Å². The number of nitrogens with zero attached hydrogens (tertiary/aromatic N) is 3. The van der Waals surface area contributed by atoms with Gasteiger partial charge in [-0.1, -0.05) is 33.1 Å². The molecule has 5 heteroatoms. The molecule has 1 unspecified atom stereocenters. The lowest BCUT2D eigenvalue weighted by Gasteiger charge is -2.17. The molecule has 21 heavy (non-hydrogen) atoms. The molecule has 0 saturated carbocycles. The second-order valence-corrected chi connectivity index (χ2v) is 5.57. The first-order chi connectivity index (χ1) is 10.2. The van der Waals surface area contributed by atoms with E-state index in [1.165, 1.54) is 31.2 Å². The lowest BCUT2D eigenvalue weighted by atomic mass is 9.99. The summed E-state index contributed by atoms with van der Waals surface area (Å²) in [7, 11) is 3.77. The largest absolute Gasteiger partial charge is 0.356 e. The van der Waals surface area contributed by atoms with E-state index in [0.717, 1.165) is 31.4 Å². The number of aliphatic imine (C=N–C) groups is 1. The molecule has 0 aromatic carbocycles. The molecule has 1 heterocycles. The average molecular weight is 293 g/mol. The van der Waals surface area contributed by atoms with Crippen molar-refractivity contribution in [3.63, 3.8) is 0 Å². The molecule has 120 valence electrons. The van der Waals surface area contributed by atoms with E-state index in [1.807, 2.05) is 25.0 Å². The summed E-state index contributed by atoms with van der Waals surface area (Å²) in [5.41, 5.74) is 1.25. The molecule has 0 aliphatic carbocycles. The molecule has 0 radical (unpaired) electrons. The second-order valence-electron chi connectivity index (χ2n) is 5.57. The molecule has 0 amide bonds. The maximum absolute atomic E-state index is 4.28. The lowest BCUT2D eigenvalue weighted by Crippen LogP contribution is -2.40. The number of hydrogen-bond donors (Lipinski definition) is 2. The van der Waals surface area contributed by atoms with Crippen molar-refractivity contribution in [1.82, 2.24) is 20.4 Å². The van der Waals surface area contributed by atoms with Crippen LogP contribution in [-0.4, -0.2) is 35.9 Å². The molecule has 0 aliphatic rings. The smallest absolute Gasteiger partial charge is 0.190 e. The Morgan fingerprint density at radius 3 is 2.76 bits per heavy atom. The number of nitrogens with one attached hydrogen (secondary N) is 2. The molecule has 5 nitrogen and oxygen atoms in total. The Bertz CT molecular complexity index is 411. The molecule has 1 aromatic rings. The Balaban J connectivity index is 2.25. The van der Waals surface area contributed by atoms with Crippen LogP contribution in [0.4, 0.5) is 0 Å². The van der Waals surface area contributed by atoms with Gasteiger partial charge in [0, 0.05) is 33.4 Å². The summed E-state index contributed by atoms with van der Waals surface area (Å²) in [6, 6.07) is 0. The fourth-order valence-corrected chi connectivity index (χ4v) is 2.33. The molecule has 1 rings (SSSR count). The van der Waals surface area contributed by atoms with E-state index in [0.29, 0.717) is 0 Å². The molecular formula is C16H31N5. The molecule has 2 N–H and O–H groups in total. The average Bonchev–Trinajstić information content (AvgIpc) is 2.91. The molecule has 0 spiro atoms. The third-order valence-electron chi connectivity index (χ3n) is 3.79. The third kappa shape index (κ3) is 7.16. The number of guanidine groups is 1. The van der Waals surface area contributed by atoms with Crippen molar-refractivity contribution in [2.45, 2.75) is 46.0 Å². The highest BCUT2D eigenvalue weighted by molar-refractivity contribution is 5.79. The van der Waals surface area contributed by atoms with Crippen LogP contribution in [0.3, 0.4) is 0 Å². The van der Waals surface area contributed by atoms with Gasteiger partial charge < -0.3 is 10.6 Å². The molecule has 0 bridgehead atoms. The van der Waals surface area contributed by atoms with Crippen LogP contribution in [0.15, 0.2) is 17.4 Å². The SMILES string of the molecule is CCCCC(CC)CNC(=NC)NCCc1cnn(C)c1. The predicted octanol–water partition coefficient (Wildman–Crippen LogP) is 2.34. The molecule has 0 aliphatic heterocycles. The fourth-order valence-electron chi connectivity index (χ4n) is 2.33. The lowest BCUT2D eigenvalue weighted by molar-refractivity contribution is 0.444. The van der Waals surface area contributed by atoms with E-state index in [9.17, 15) is 0 Å². The van der Waals surface area contributed by atoms with Gasteiger partial charge in [0.1, 0.15) is 0 Å². The van der Waals surface area contributed by atoms with Gasteiger partial charge >= 0.3 is 0 Å². The van der Waals surface area contributed by atoms with Crippen LogP contribution in [-0.2, 0) is 13.5 Å². The summed E-state index contributed by atoms with van der Waals surface area (Å²) in [5, 5.41) is 11.0. The van der Waals surface area contributed by atoms with Crippen LogP contribution in [0.25, 0.3) is 0 Å². The Hall–Kier alpha value is -1.52. The summed E-state index contributed by atoms with van der Waals surface area (Å²) in [4.78, 5) is 4.28. The van der Waals surface area contributed by atoms with Crippen molar-refractivity contribution >= 4 is 5.96 Å². The van der Waals surface area contributed by atoms with E-state index in [2.05, 4.69) is 40.8 Å². The van der Waals surface area contributed by atoms with Crippen molar-refractivity contribution in [3.05, 3.63) is 18.0 Å². The third-order valence-corrected chi connectivity index (χ3v) is 3.79. The van der Waals surface area contributed by atoms with E-state index in [4.69, 9.17) is 0 Å². The van der Waals surface area contributed by atoms with Crippen molar-refractivity contribution in [1.29, 1.82) is 0 Å². The highest BCUT2D eigenvalue weighted by Gasteiger charge is 2.07. The Morgan fingerprint density at radius 1 is 1.38 bits per heavy atom. The normalized spacial score (nSPS) is 13.2. The highest BCUT2D eigenvalue weighted by Crippen LogP contribution is 2.10. The first-order valence-corrected chi connectivity index (χ1v) is 8.11. The molecule has 1 aromatic heterocycles. The maximum Gasteiger partial charge on any atom is 0.190 e. The summed E-state index contributed by atoms with van der Waals surface area (Å²) in [5.74, 6) is 1.63. The Kier molecular flexibility index (Phi) is 8.55. The molecule has 0 fully saturated rings. The van der Waals surface area contributed by atoms with E-state index < -0.39 is 0 Å². The first-order valence-electron chi connectivity index (χ1n) is 8.11. The fraction of sp³-hybridized carbons (Fsp3) is 0.750. The minimum atomic E-state index is 0.738. The van der Waals surface area contributed by atoms with Gasteiger partial charge in [0.25, 0.3) is 0 Å². The zero-order valence-electron chi connectivity index (χ0n) is 14.0. The van der Waals surface area contributed by atoms with Gasteiger partial charge in [-0.05, 0) is 24.3 Å². The number of rotatable bonds is 9. The first kappa shape index (κ1) is 17.5. The summed E-state index contributed by atoms with van der Waals surface area (Å²) >= 11 is 0. The monoisotopic (exact) mass is 293 g/mol. The Labute approximate surface area is 129 Å². The van der Waals surface area contributed by atoms with Crippen LogP contribution in [0.1, 0.15) is 45.1 Å². The minimum absolute atomic E-state index is 0.738. The quantitative estimate of drug-likeness (QED) is 0.543. The van der Waals surface area contributed by atoms with Gasteiger partial charge in [-0.15, -0.1) is 0 Å².